The number of fused-ring (bicyclic) bond motifs is 1. The quantitative estimate of drug-likeness (QED) is 0.745. The molecule has 7 nitrogen and oxygen atoms in total. The third-order valence-corrected chi connectivity index (χ3v) is 5.18. The van der Waals surface area contributed by atoms with Gasteiger partial charge in [-0.3, -0.25) is 9.78 Å². The van der Waals surface area contributed by atoms with Crippen LogP contribution in [0.2, 0.25) is 5.02 Å². The Morgan fingerprint density at radius 1 is 1.15 bits per heavy atom. The molecule has 1 aliphatic rings. The molecule has 0 atom stereocenters. The summed E-state index contributed by atoms with van der Waals surface area (Å²) in [5, 5.41) is 8.40. The molecule has 3 aromatic rings. The number of carbonyl (C=O) groups excluding carboxylic acids is 1. The van der Waals surface area contributed by atoms with Crippen molar-refractivity contribution < 1.29 is 4.79 Å². The number of amides is 1. The molecule has 140 valence electrons. The van der Waals surface area contributed by atoms with Crippen LogP contribution >= 0.6 is 11.6 Å². The summed E-state index contributed by atoms with van der Waals surface area (Å²) in [4.78, 5) is 23.6. The SMILES string of the molecule is Cn1nc(NC(=O)c2cnccc2Cl)c2ccc(N3CCCCCC3)nc21. The fourth-order valence-electron chi connectivity index (χ4n) is 3.41. The first-order valence-corrected chi connectivity index (χ1v) is 9.51. The predicted molar refractivity (Wildman–Crippen MR) is 106 cm³/mol. The second-order valence-electron chi connectivity index (χ2n) is 6.72. The number of hydrogen-bond donors (Lipinski definition) is 1. The number of nitrogens with zero attached hydrogens (tertiary/aromatic N) is 5. The number of halogens is 1. The van der Waals surface area contributed by atoms with E-state index in [9.17, 15) is 4.79 Å². The van der Waals surface area contributed by atoms with Crippen molar-refractivity contribution in [2.45, 2.75) is 25.7 Å². The lowest BCUT2D eigenvalue weighted by atomic mass is 10.2. The highest BCUT2D eigenvalue weighted by molar-refractivity contribution is 6.34. The van der Waals surface area contributed by atoms with Gasteiger partial charge in [-0.2, -0.15) is 5.10 Å². The van der Waals surface area contributed by atoms with Crippen LogP contribution in [0.4, 0.5) is 11.6 Å². The van der Waals surface area contributed by atoms with Crippen molar-refractivity contribution >= 4 is 40.2 Å². The largest absolute Gasteiger partial charge is 0.357 e. The molecule has 0 radical (unpaired) electrons. The first kappa shape index (κ1) is 17.7. The molecule has 1 N–H and O–H groups in total. The number of anilines is 2. The van der Waals surface area contributed by atoms with E-state index in [2.05, 4.69) is 20.3 Å². The fourth-order valence-corrected chi connectivity index (χ4v) is 3.60. The normalized spacial score (nSPS) is 15.0. The van der Waals surface area contributed by atoms with Crippen molar-refractivity contribution in [2.24, 2.45) is 7.05 Å². The standard InChI is InChI=1S/C19H21ClN6O/c1-25-18-13(6-7-16(22-18)26-10-4-2-3-5-11-26)17(24-25)23-19(27)14-12-21-9-8-15(14)20/h6-9,12H,2-5,10-11H2,1H3,(H,23,24,27). The zero-order chi connectivity index (χ0) is 18.8. The number of pyridine rings is 2. The number of hydrogen-bond acceptors (Lipinski definition) is 5. The van der Waals surface area contributed by atoms with E-state index in [0.717, 1.165) is 29.9 Å². The summed E-state index contributed by atoms with van der Waals surface area (Å²) in [5.41, 5.74) is 1.05. The van der Waals surface area contributed by atoms with Crippen molar-refractivity contribution in [2.75, 3.05) is 23.3 Å². The fraction of sp³-hybridized carbons (Fsp3) is 0.368. The minimum atomic E-state index is -0.343. The molecular weight excluding hydrogens is 364 g/mol. The molecule has 4 heterocycles. The lowest BCUT2D eigenvalue weighted by molar-refractivity contribution is 0.102. The summed E-state index contributed by atoms with van der Waals surface area (Å²) in [5.74, 6) is 1.08. The third-order valence-electron chi connectivity index (χ3n) is 4.85. The van der Waals surface area contributed by atoms with Gasteiger partial charge in [0.25, 0.3) is 5.91 Å². The molecule has 0 spiro atoms. The molecule has 8 heteroatoms. The van der Waals surface area contributed by atoms with Gasteiger partial charge in [0.2, 0.25) is 0 Å². The highest BCUT2D eigenvalue weighted by Gasteiger charge is 2.18. The predicted octanol–water partition coefficient (Wildman–Crippen LogP) is 3.65. The maximum Gasteiger partial charge on any atom is 0.259 e. The van der Waals surface area contributed by atoms with Crippen LogP contribution in [-0.4, -0.2) is 38.7 Å². The highest BCUT2D eigenvalue weighted by Crippen LogP contribution is 2.26. The van der Waals surface area contributed by atoms with Gasteiger partial charge in [-0.05, 0) is 31.0 Å². The zero-order valence-electron chi connectivity index (χ0n) is 15.2. The number of carbonyl (C=O) groups is 1. The van der Waals surface area contributed by atoms with Crippen molar-refractivity contribution in [1.82, 2.24) is 19.7 Å². The van der Waals surface area contributed by atoms with Gasteiger partial charge < -0.3 is 10.2 Å². The lowest BCUT2D eigenvalue weighted by Gasteiger charge is -2.21. The van der Waals surface area contributed by atoms with Crippen molar-refractivity contribution in [3.05, 3.63) is 41.2 Å². The minimum absolute atomic E-state index is 0.312. The van der Waals surface area contributed by atoms with E-state index in [1.54, 1.807) is 16.9 Å². The molecule has 1 aliphatic heterocycles. The van der Waals surface area contributed by atoms with E-state index in [1.807, 2.05) is 19.2 Å². The topological polar surface area (TPSA) is 75.9 Å². The molecule has 27 heavy (non-hydrogen) atoms. The Morgan fingerprint density at radius 3 is 2.67 bits per heavy atom. The first-order chi connectivity index (χ1) is 13.1. The van der Waals surface area contributed by atoms with E-state index in [4.69, 9.17) is 16.6 Å². The van der Waals surface area contributed by atoms with E-state index in [1.165, 1.54) is 31.9 Å². The van der Waals surface area contributed by atoms with Crippen molar-refractivity contribution in [3.8, 4) is 0 Å². The second-order valence-corrected chi connectivity index (χ2v) is 7.13. The Labute approximate surface area is 162 Å². The molecule has 0 aliphatic carbocycles. The smallest absolute Gasteiger partial charge is 0.259 e. The molecule has 0 aromatic carbocycles. The average molecular weight is 385 g/mol. The summed E-state index contributed by atoms with van der Waals surface area (Å²) in [6.45, 7) is 2.05. The van der Waals surface area contributed by atoms with Gasteiger partial charge in [0.1, 0.15) is 5.82 Å². The van der Waals surface area contributed by atoms with Crippen LogP contribution in [-0.2, 0) is 7.05 Å². The van der Waals surface area contributed by atoms with E-state index < -0.39 is 0 Å². The Kier molecular flexibility index (Phi) is 4.94. The second kappa shape index (κ2) is 7.52. The summed E-state index contributed by atoms with van der Waals surface area (Å²) in [7, 11) is 1.83. The van der Waals surface area contributed by atoms with E-state index in [0.29, 0.717) is 16.4 Å². The first-order valence-electron chi connectivity index (χ1n) is 9.13. The molecule has 4 rings (SSSR count). The maximum atomic E-state index is 12.5. The Morgan fingerprint density at radius 2 is 1.93 bits per heavy atom. The molecule has 1 saturated heterocycles. The number of aryl methyl sites for hydroxylation is 1. The summed E-state index contributed by atoms with van der Waals surface area (Å²) >= 11 is 6.08. The Balaban J connectivity index is 1.63. The summed E-state index contributed by atoms with van der Waals surface area (Å²) in [6.07, 6.45) is 7.92. The van der Waals surface area contributed by atoms with Gasteiger partial charge in [0.15, 0.2) is 11.5 Å². The van der Waals surface area contributed by atoms with Gasteiger partial charge in [0.05, 0.1) is 16.0 Å². The van der Waals surface area contributed by atoms with Crippen LogP contribution in [0.1, 0.15) is 36.0 Å². The van der Waals surface area contributed by atoms with Crippen LogP contribution in [0.15, 0.2) is 30.6 Å². The van der Waals surface area contributed by atoms with Crippen molar-refractivity contribution in [1.29, 1.82) is 0 Å². The maximum absolute atomic E-state index is 12.5. The van der Waals surface area contributed by atoms with Gasteiger partial charge in [-0.15, -0.1) is 0 Å². The molecule has 0 saturated carbocycles. The van der Waals surface area contributed by atoms with Crippen LogP contribution in [0.25, 0.3) is 11.0 Å². The number of aromatic nitrogens is 4. The Bertz CT molecular complexity index is 977. The molecule has 1 fully saturated rings. The summed E-state index contributed by atoms with van der Waals surface area (Å²) in [6, 6.07) is 5.56. The van der Waals surface area contributed by atoms with Crippen LogP contribution in [0.5, 0.6) is 0 Å². The molecule has 0 bridgehead atoms. The van der Waals surface area contributed by atoms with Crippen molar-refractivity contribution in [3.63, 3.8) is 0 Å². The monoisotopic (exact) mass is 384 g/mol. The third kappa shape index (κ3) is 3.60. The molecule has 3 aromatic heterocycles. The average Bonchev–Trinajstić information content (AvgIpc) is 2.85. The van der Waals surface area contributed by atoms with Crippen LogP contribution < -0.4 is 10.2 Å². The van der Waals surface area contributed by atoms with Gasteiger partial charge in [-0.25, -0.2) is 9.67 Å². The van der Waals surface area contributed by atoms with E-state index >= 15 is 0 Å². The van der Waals surface area contributed by atoms with E-state index in [-0.39, 0.29) is 5.91 Å². The van der Waals surface area contributed by atoms with Crippen LogP contribution in [0, 0.1) is 0 Å². The van der Waals surface area contributed by atoms with Gasteiger partial charge in [0, 0.05) is 32.5 Å². The molecule has 1 amide bonds. The minimum Gasteiger partial charge on any atom is -0.357 e. The highest BCUT2D eigenvalue weighted by atomic mass is 35.5. The zero-order valence-corrected chi connectivity index (χ0v) is 15.9. The number of rotatable bonds is 3. The van der Waals surface area contributed by atoms with Gasteiger partial charge >= 0.3 is 0 Å². The van der Waals surface area contributed by atoms with Crippen LogP contribution in [0.3, 0.4) is 0 Å². The Hall–Kier alpha value is -2.67. The molecule has 0 unspecified atom stereocenters. The lowest BCUT2D eigenvalue weighted by Crippen LogP contribution is -2.24. The number of nitrogens with one attached hydrogen (secondary N) is 1. The summed E-state index contributed by atoms with van der Waals surface area (Å²) < 4.78 is 1.69. The molecular formula is C19H21ClN6O. The van der Waals surface area contributed by atoms with Gasteiger partial charge in [-0.1, -0.05) is 24.4 Å².